The van der Waals surface area contributed by atoms with Crippen LogP contribution in [0.5, 0.6) is 0 Å². The van der Waals surface area contributed by atoms with Crippen LogP contribution in [0.3, 0.4) is 0 Å². The summed E-state index contributed by atoms with van der Waals surface area (Å²) in [6, 6.07) is 11.1. The zero-order chi connectivity index (χ0) is 14.8. The monoisotopic (exact) mass is 297 g/mol. The molecule has 0 aliphatic rings. The molecular formula is C16H12ClN3O. The molecule has 0 bridgehead atoms. The molecule has 104 valence electrons. The van der Waals surface area contributed by atoms with Crippen LogP contribution in [0.4, 0.5) is 5.82 Å². The summed E-state index contributed by atoms with van der Waals surface area (Å²) in [5.74, 6) is 0.257. The van der Waals surface area contributed by atoms with Gasteiger partial charge in [-0.05, 0) is 30.0 Å². The molecule has 1 N–H and O–H groups in total. The fourth-order valence-electron chi connectivity index (χ4n) is 2.13. The molecule has 2 heterocycles. The smallest absolute Gasteiger partial charge is 0.259 e. The van der Waals surface area contributed by atoms with E-state index in [2.05, 4.69) is 15.3 Å². The van der Waals surface area contributed by atoms with E-state index in [0.29, 0.717) is 16.5 Å². The minimum Gasteiger partial charge on any atom is -0.306 e. The Hall–Kier alpha value is -2.46. The van der Waals surface area contributed by atoms with Crippen LogP contribution in [0.15, 0.2) is 48.8 Å². The van der Waals surface area contributed by atoms with Crippen molar-refractivity contribution in [3.63, 3.8) is 0 Å². The molecule has 5 heteroatoms. The Kier molecular flexibility index (Phi) is 3.54. The van der Waals surface area contributed by atoms with Gasteiger partial charge < -0.3 is 5.32 Å². The lowest BCUT2D eigenvalue weighted by molar-refractivity contribution is 0.102. The van der Waals surface area contributed by atoms with E-state index in [4.69, 9.17) is 11.6 Å². The van der Waals surface area contributed by atoms with Crippen molar-refractivity contribution in [1.29, 1.82) is 0 Å². The number of aryl methyl sites for hydroxylation is 1. The maximum Gasteiger partial charge on any atom is 0.259 e. The first kappa shape index (κ1) is 13.5. The highest BCUT2D eigenvalue weighted by Gasteiger charge is 2.13. The van der Waals surface area contributed by atoms with E-state index in [1.165, 1.54) is 6.20 Å². The third-order valence-electron chi connectivity index (χ3n) is 3.15. The van der Waals surface area contributed by atoms with Crippen molar-refractivity contribution < 1.29 is 4.79 Å². The largest absolute Gasteiger partial charge is 0.306 e. The second kappa shape index (κ2) is 5.50. The van der Waals surface area contributed by atoms with Crippen molar-refractivity contribution in [2.75, 3.05) is 5.32 Å². The van der Waals surface area contributed by atoms with Crippen molar-refractivity contribution in [3.8, 4) is 0 Å². The molecule has 0 spiro atoms. The molecule has 21 heavy (non-hydrogen) atoms. The number of fused-ring (bicyclic) bond motifs is 1. The number of pyridine rings is 2. The molecule has 4 nitrogen and oxygen atoms in total. The van der Waals surface area contributed by atoms with E-state index in [1.54, 1.807) is 6.20 Å². The molecule has 0 atom stereocenters. The lowest BCUT2D eigenvalue weighted by atomic mass is 10.1. The van der Waals surface area contributed by atoms with Gasteiger partial charge in [0.2, 0.25) is 0 Å². The molecule has 3 aromatic rings. The Morgan fingerprint density at radius 2 is 1.90 bits per heavy atom. The van der Waals surface area contributed by atoms with E-state index in [0.717, 1.165) is 16.3 Å². The van der Waals surface area contributed by atoms with Crippen molar-refractivity contribution in [2.45, 2.75) is 6.92 Å². The summed E-state index contributed by atoms with van der Waals surface area (Å²) in [5.41, 5.74) is 1.50. The van der Waals surface area contributed by atoms with Gasteiger partial charge in [-0.15, -0.1) is 0 Å². The summed E-state index contributed by atoms with van der Waals surface area (Å²) in [4.78, 5) is 20.6. The van der Waals surface area contributed by atoms with Crippen LogP contribution in [0.1, 0.15) is 15.9 Å². The van der Waals surface area contributed by atoms with E-state index in [1.807, 2.05) is 43.3 Å². The molecule has 0 unspecified atom stereocenters. The Morgan fingerprint density at radius 1 is 1.14 bits per heavy atom. The standard InChI is InChI=1S/C16H12ClN3O/c1-10-6-7-18-14(8-10)20-16(21)13-9-19-15(17)12-5-3-2-4-11(12)13/h2-9H,1H3,(H,18,20,21). The second-order valence-electron chi connectivity index (χ2n) is 4.68. The predicted molar refractivity (Wildman–Crippen MR) is 83.7 cm³/mol. The lowest BCUT2D eigenvalue weighted by Gasteiger charge is -2.08. The van der Waals surface area contributed by atoms with Gasteiger partial charge in [0.1, 0.15) is 11.0 Å². The van der Waals surface area contributed by atoms with E-state index >= 15 is 0 Å². The average Bonchev–Trinajstić information content (AvgIpc) is 2.48. The summed E-state index contributed by atoms with van der Waals surface area (Å²) in [6.45, 7) is 1.94. The zero-order valence-corrected chi connectivity index (χ0v) is 12.1. The Labute approximate surface area is 126 Å². The number of carbonyl (C=O) groups excluding carboxylic acids is 1. The molecule has 0 aliphatic heterocycles. The van der Waals surface area contributed by atoms with Crippen LogP contribution < -0.4 is 5.32 Å². The molecular weight excluding hydrogens is 286 g/mol. The van der Waals surface area contributed by atoms with Crippen LogP contribution in [-0.2, 0) is 0 Å². The van der Waals surface area contributed by atoms with Gasteiger partial charge in [-0.2, -0.15) is 0 Å². The van der Waals surface area contributed by atoms with Crippen molar-refractivity contribution in [3.05, 3.63) is 65.1 Å². The predicted octanol–water partition coefficient (Wildman–Crippen LogP) is 3.84. The fraction of sp³-hybridized carbons (Fsp3) is 0.0625. The van der Waals surface area contributed by atoms with Crippen LogP contribution in [0, 0.1) is 6.92 Å². The lowest BCUT2D eigenvalue weighted by Crippen LogP contribution is -2.14. The Morgan fingerprint density at radius 3 is 2.67 bits per heavy atom. The highest BCUT2D eigenvalue weighted by atomic mass is 35.5. The zero-order valence-electron chi connectivity index (χ0n) is 11.3. The molecule has 2 aromatic heterocycles. The third-order valence-corrected chi connectivity index (χ3v) is 3.45. The van der Waals surface area contributed by atoms with Gasteiger partial charge in [-0.1, -0.05) is 35.9 Å². The van der Waals surface area contributed by atoms with Crippen LogP contribution in [-0.4, -0.2) is 15.9 Å². The number of benzene rings is 1. The normalized spacial score (nSPS) is 10.6. The number of hydrogen-bond acceptors (Lipinski definition) is 3. The van der Waals surface area contributed by atoms with Crippen molar-refractivity contribution in [2.24, 2.45) is 0 Å². The number of anilines is 1. The number of nitrogens with zero attached hydrogens (tertiary/aromatic N) is 2. The van der Waals surface area contributed by atoms with Gasteiger partial charge in [-0.3, -0.25) is 4.79 Å². The molecule has 0 radical (unpaired) electrons. The molecule has 0 saturated heterocycles. The number of aromatic nitrogens is 2. The second-order valence-corrected chi connectivity index (χ2v) is 5.04. The maximum absolute atomic E-state index is 12.4. The molecule has 0 aliphatic carbocycles. The molecule has 1 aromatic carbocycles. The Bertz CT molecular complexity index is 833. The minimum atomic E-state index is -0.256. The van der Waals surface area contributed by atoms with Crippen LogP contribution in [0.25, 0.3) is 10.8 Å². The maximum atomic E-state index is 12.4. The van der Waals surface area contributed by atoms with Gasteiger partial charge in [0.05, 0.1) is 5.56 Å². The average molecular weight is 298 g/mol. The first-order valence-electron chi connectivity index (χ1n) is 6.42. The minimum absolute atomic E-state index is 0.256. The summed E-state index contributed by atoms with van der Waals surface area (Å²) in [7, 11) is 0. The third kappa shape index (κ3) is 2.71. The highest BCUT2D eigenvalue weighted by molar-refractivity contribution is 6.35. The van der Waals surface area contributed by atoms with Crippen LogP contribution in [0.2, 0.25) is 5.15 Å². The van der Waals surface area contributed by atoms with Gasteiger partial charge in [0, 0.05) is 17.8 Å². The van der Waals surface area contributed by atoms with Crippen molar-refractivity contribution >= 4 is 34.1 Å². The molecule has 1 amide bonds. The number of hydrogen-bond donors (Lipinski definition) is 1. The summed E-state index contributed by atoms with van der Waals surface area (Å²) < 4.78 is 0. The van der Waals surface area contributed by atoms with Crippen molar-refractivity contribution in [1.82, 2.24) is 9.97 Å². The van der Waals surface area contributed by atoms with Gasteiger partial charge >= 0.3 is 0 Å². The van der Waals surface area contributed by atoms with Gasteiger partial charge in [0.25, 0.3) is 5.91 Å². The Balaban J connectivity index is 2.01. The summed E-state index contributed by atoms with van der Waals surface area (Å²) in [5, 5.41) is 4.68. The molecule has 0 saturated carbocycles. The first-order valence-corrected chi connectivity index (χ1v) is 6.80. The van der Waals surface area contributed by atoms with E-state index in [9.17, 15) is 4.79 Å². The number of carbonyl (C=O) groups is 1. The topological polar surface area (TPSA) is 54.9 Å². The number of nitrogens with one attached hydrogen (secondary N) is 1. The van der Waals surface area contributed by atoms with Gasteiger partial charge in [-0.25, -0.2) is 9.97 Å². The highest BCUT2D eigenvalue weighted by Crippen LogP contribution is 2.24. The molecule has 0 fully saturated rings. The SMILES string of the molecule is Cc1ccnc(NC(=O)c2cnc(Cl)c3ccccc23)c1. The van der Waals surface area contributed by atoms with E-state index < -0.39 is 0 Å². The van der Waals surface area contributed by atoms with E-state index in [-0.39, 0.29) is 5.91 Å². The quantitative estimate of drug-likeness (QED) is 0.731. The number of halogens is 1. The van der Waals surface area contributed by atoms with Crippen LogP contribution >= 0.6 is 11.6 Å². The fourth-order valence-corrected chi connectivity index (χ4v) is 2.34. The summed E-state index contributed by atoms with van der Waals surface area (Å²) in [6.07, 6.45) is 3.14. The number of amides is 1. The summed E-state index contributed by atoms with van der Waals surface area (Å²) >= 11 is 6.06. The van der Waals surface area contributed by atoms with Gasteiger partial charge in [0.15, 0.2) is 0 Å². The number of rotatable bonds is 2. The first-order chi connectivity index (χ1) is 10.1. The molecule has 3 rings (SSSR count).